The lowest BCUT2D eigenvalue weighted by Gasteiger charge is -2.08. The Morgan fingerprint density at radius 3 is 2.65 bits per heavy atom. The van der Waals surface area contributed by atoms with Gasteiger partial charge in [-0.1, -0.05) is 25.1 Å². The summed E-state index contributed by atoms with van der Waals surface area (Å²) < 4.78 is 5.43. The summed E-state index contributed by atoms with van der Waals surface area (Å²) in [5.74, 6) is 0.562. The van der Waals surface area contributed by atoms with Gasteiger partial charge in [0.05, 0.1) is 0 Å². The van der Waals surface area contributed by atoms with Gasteiger partial charge in [0.25, 0.3) is 5.91 Å². The average Bonchev–Trinajstić information content (AvgIpc) is 2.52. The maximum atomic E-state index is 11.7. The van der Waals surface area contributed by atoms with Crippen LogP contribution >= 0.6 is 0 Å². The van der Waals surface area contributed by atoms with E-state index in [2.05, 4.69) is 17.2 Å². The molecule has 0 fully saturated rings. The fraction of sp³-hybridized carbons (Fsp3) is 0.250. The third-order valence-electron chi connectivity index (χ3n) is 2.91. The van der Waals surface area contributed by atoms with Crippen LogP contribution in [-0.2, 0) is 17.8 Å². The van der Waals surface area contributed by atoms with Gasteiger partial charge in [-0.25, -0.2) is 0 Å². The third kappa shape index (κ3) is 4.39. The van der Waals surface area contributed by atoms with Crippen molar-refractivity contribution >= 4 is 5.91 Å². The van der Waals surface area contributed by atoms with E-state index in [0.29, 0.717) is 12.3 Å². The number of amides is 1. The summed E-state index contributed by atoms with van der Waals surface area (Å²) in [7, 11) is 0. The van der Waals surface area contributed by atoms with E-state index < -0.39 is 0 Å². The van der Waals surface area contributed by atoms with Crippen LogP contribution < -0.4 is 10.1 Å². The minimum atomic E-state index is -0.145. The summed E-state index contributed by atoms with van der Waals surface area (Å²) in [6, 6.07) is 11.5. The van der Waals surface area contributed by atoms with Crippen molar-refractivity contribution in [3.63, 3.8) is 0 Å². The van der Waals surface area contributed by atoms with Crippen LogP contribution in [0.2, 0.25) is 0 Å². The second kappa shape index (κ2) is 7.28. The van der Waals surface area contributed by atoms with Gasteiger partial charge in [-0.15, -0.1) is 0 Å². The number of hydrogen-bond acceptors (Lipinski definition) is 3. The summed E-state index contributed by atoms with van der Waals surface area (Å²) >= 11 is 0. The Hall–Kier alpha value is -2.36. The zero-order chi connectivity index (χ0) is 14.2. The van der Waals surface area contributed by atoms with Gasteiger partial charge in [0.1, 0.15) is 5.75 Å². The molecule has 0 saturated carbocycles. The highest BCUT2D eigenvalue weighted by atomic mass is 16.5. The molecular formula is C16H18N2O2. The minimum absolute atomic E-state index is 0.0196. The fourth-order valence-corrected chi connectivity index (χ4v) is 1.72. The van der Waals surface area contributed by atoms with E-state index in [4.69, 9.17) is 4.74 Å². The number of aryl methyl sites for hydroxylation is 1. The quantitative estimate of drug-likeness (QED) is 0.876. The molecule has 20 heavy (non-hydrogen) atoms. The maximum Gasteiger partial charge on any atom is 0.258 e. The SMILES string of the molecule is CCc1ccc(OCC(=O)NCc2cccnc2)cc1. The Kier molecular flexibility index (Phi) is 5.12. The molecular weight excluding hydrogens is 252 g/mol. The first kappa shape index (κ1) is 14.1. The lowest BCUT2D eigenvalue weighted by Crippen LogP contribution is -2.28. The number of nitrogens with zero attached hydrogens (tertiary/aromatic N) is 1. The number of nitrogens with one attached hydrogen (secondary N) is 1. The molecule has 0 spiro atoms. The van der Waals surface area contributed by atoms with Crippen LogP contribution in [0.5, 0.6) is 5.75 Å². The number of carbonyl (C=O) groups excluding carboxylic acids is 1. The van der Waals surface area contributed by atoms with Crippen molar-refractivity contribution in [3.05, 3.63) is 59.9 Å². The minimum Gasteiger partial charge on any atom is -0.484 e. The number of carbonyl (C=O) groups is 1. The van der Waals surface area contributed by atoms with E-state index in [1.54, 1.807) is 12.4 Å². The van der Waals surface area contributed by atoms with Crippen molar-refractivity contribution in [2.75, 3.05) is 6.61 Å². The van der Waals surface area contributed by atoms with E-state index in [0.717, 1.165) is 12.0 Å². The third-order valence-corrected chi connectivity index (χ3v) is 2.91. The zero-order valence-electron chi connectivity index (χ0n) is 11.5. The molecule has 2 aromatic rings. The summed E-state index contributed by atoms with van der Waals surface area (Å²) in [5.41, 5.74) is 2.21. The van der Waals surface area contributed by atoms with Crippen molar-refractivity contribution < 1.29 is 9.53 Å². The van der Waals surface area contributed by atoms with Gasteiger partial charge < -0.3 is 10.1 Å². The highest BCUT2D eigenvalue weighted by molar-refractivity contribution is 5.77. The molecule has 104 valence electrons. The second-order valence-electron chi connectivity index (χ2n) is 4.42. The average molecular weight is 270 g/mol. The van der Waals surface area contributed by atoms with Crippen LogP contribution in [0.15, 0.2) is 48.8 Å². The number of ether oxygens (including phenoxy) is 1. The van der Waals surface area contributed by atoms with Crippen LogP contribution in [0.4, 0.5) is 0 Å². The largest absolute Gasteiger partial charge is 0.484 e. The summed E-state index contributed by atoms with van der Waals surface area (Å²) in [6.45, 7) is 2.58. The van der Waals surface area contributed by atoms with E-state index in [9.17, 15) is 4.79 Å². The molecule has 4 nitrogen and oxygen atoms in total. The standard InChI is InChI=1S/C16H18N2O2/c1-2-13-5-7-15(8-6-13)20-12-16(19)18-11-14-4-3-9-17-10-14/h3-10H,2,11-12H2,1H3,(H,18,19). The molecule has 1 aromatic carbocycles. The first-order valence-corrected chi connectivity index (χ1v) is 6.65. The van der Waals surface area contributed by atoms with Crippen LogP contribution in [0.3, 0.4) is 0 Å². The summed E-state index contributed by atoms with van der Waals surface area (Å²) in [6.07, 6.45) is 4.42. The topological polar surface area (TPSA) is 51.2 Å². The van der Waals surface area contributed by atoms with E-state index in [1.165, 1.54) is 5.56 Å². The van der Waals surface area contributed by atoms with Gasteiger partial charge in [0.2, 0.25) is 0 Å². The Morgan fingerprint density at radius 1 is 1.20 bits per heavy atom. The number of aromatic nitrogens is 1. The maximum absolute atomic E-state index is 11.7. The number of hydrogen-bond donors (Lipinski definition) is 1. The molecule has 1 aromatic heterocycles. The van der Waals surface area contributed by atoms with Gasteiger partial charge in [0.15, 0.2) is 6.61 Å². The molecule has 1 N–H and O–H groups in total. The Balaban J connectivity index is 1.74. The number of benzene rings is 1. The molecule has 0 saturated heterocycles. The summed E-state index contributed by atoms with van der Waals surface area (Å²) in [5, 5.41) is 2.79. The molecule has 1 amide bonds. The molecule has 1 heterocycles. The van der Waals surface area contributed by atoms with Crippen LogP contribution in [0.1, 0.15) is 18.1 Å². The monoisotopic (exact) mass is 270 g/mol. The van der Waals surface area contributed by atoms with E-state index in [-0.39, 0.29) is 12.5 Å². The lowest BCUT2D eigenvalue weighted by molar-refractivity contribution is -0.123. The van der Waals surface area contributed by atoms with Gasteiger partial charge in [-0.2, -0.15) is 0 Å². The molecule has 0 radical (unpaired) electrons. The fourth-order valence-electron chi connectivity index (χ4n) is 1.72. The van der Waals surface area contributed by atoms with Crippen LogP contribution in [0, 0.1) is 0 Å². The van der Waals surface area contributed by atoms with Crippen molar-refractivity contribution in [2.24, 2.45) is 0 Å². The first-order valence-electron chi connectivity index (χ1n) is 6.65. The number of pyridine rings is 1. The molecule has 0 bridgehead atoms. The Morgan fingerprint density at radius 2 is 2.00 bits per heavy atom. The summed E-state index contributed by atoms with van der Waals surface area (Å²) in [4.78, 5) is 15.6. The zero-order valence-corrected chi connectivity index (χ0v) is 11.5. The van der Waals surface area contributed by atoms with E-state index >= 15 is 0 Å². The molecule has 2 rings (SSSR count). The molecule has 0 unspecified atom stereocenters. The van der Waals surface area contributed by atoms with Gasteiger partial charge in [-0.3, -0.25) is 9.78 Å². The van der Waals surface area contributed by atoms with Crippen molar-refractivity contribution in [1.29, 1.82) is 0 Å². The first-order chi connectivity index (χ1) is 9.78. The predicted molar refractivity (Wildman–Crippen MR) is 77.4 cm³/mol. The number of rotatable bonds is 6. The molecule has 0 aliphatic rings. The predicted octanol–water partition coefficient (Wildman–Crippen LogP) is 2.34. The Labute approximate surface area is 118 Å². The highest BCUT2D eigenvalue weighted by Gasteiger charge is 2.03. The highest BCUT2D eigenvalue weighted by Crippen LogP contribution is 2.12. The smallest absolute Gasteiger partial charge is 0.258 e. The van der Waals surface area contributed by atoms with Gasteiger partial charge in [-0.05, 0) is 35.7 Å². The van der Waals surface area contributed by atoms with Gasteiger partial charge >= 0.3 is 0 Å². The van der Waals surface area contributed by atoms with Crippen molar-refractivity contribution in [3.8, 4) is 5.75 Å². The van der Waals surface area contributed by atoms with Crippen molar-refractivity contribution in [2.45, 2.75) is 19.9 Å². The van der Waals surface area contributed by atoms with Crippen molar-refractivity contribution in [1.82, 2.24) is 10.3 Å². The Bertz CT molecular complexity index is 538. The second-order valence-corrected chi connectivity index (χ2v) is 4.42. The van der Waals surface area contributed by atoms with E-state index in [1.807, 2.05) is 36.4 Å². The van der Waals surface area contributed by atoms with Gasteiger partial charge in [0, 0.05) is 18.9 Å². The lowest BCUT2D eigenvalue weighted by atomic mass is 10.2. The van der Waals surface area contributed by atoms with Crippen LogP contribution in [0.25, 0.3) is 0 Å². The van der Waals surface area contributed by atoms with Crippen LogP contribution in [-0.4, -0.2) is 17.5 Å². The molecule has 0 aliphatic heterocycles. The molecule has 4 heteroatoms. The molecule has 0 aliphatic carbocycles. The normalized spacial score (nSPS) is 10.1. The molecule has 0 atom stereocenters.